The van der Waals surface area contributed by atoms with Crippen LogP contribution in [0.2, 0.25) is 0 Å². The van der Waals surface area contributed by atoms with E-state index in [4.69, 9.17) is 5.26 Å². The number of nitrogens with zero attached hydrogens (tertiary/aromatic N) is 5. The van der Waals surface area contributed by atoms with Gasteiger partial charge in [0.15, 0.2) is 5.69 Å². The molecule has 3 heterocycles. The van der Waals surface area contributed by atoms with E-state index in [9.17, 15) is 9.59 Å². The van der Waals surface area contributed by atoms with Crippen LogP contribution in [-0.4, -0.2) is 51.0 Å². The van der Waals surface area contributed by atoms with Crippen LogP contribution in [-0.2, 0) is 22.7 Å². The third-order valence-electron chi connectivity index (χ3n) is 4.72. The highest BCUT2D eigenvalue weighted by molar-refractivity contribution is 5.80. The molecule has 2 aliphatic rings. The molecule has 0 atom stereocenters. The van der Waals surface area contributed by atoms with Gasteiger partial charge in [-0.1, -0.05) is 6.92 Å². The predicted octanol–water partition coefficient (Wildman–Crippen LogP) is 0.746. The lowest BCUT2D eigenvalue weighted by molar-refractivity contribution is -0.141. The summed E-state index contributed by atoms with van der Waals surface area (Å²) >= 11 is 0. The average molecular weight is 315 g/mol. The van der Waals surface area contributed by atoms with Gasteiger partial charge in [-0.05, 0) is 18.9 Å². The summed E-state index contributed by atoms with van der Waals surface area (Å²) in [5.74, 6) is 0.335. The van der Waals surface area contributed by atoms with Crippen molar-refractivity contribution in [3.63, 3.8) is 0 Å². The SMILES string of the molecule is CCC(=O)N1CCC(C(=O)N2CCn3nc(C#N)cc3C2)CC1. The first-order valence-electron chi connectivity index (χ1n) is 8.15. The van der Waals surface area contributed by atoms with Gasteiger partial charge in [-0.3, -0.25) is 14.3 Å². The summed E-state index contributed by atoms with van der Waals surface area (Å²) in [7, 11) is 0. The Hall–Kier alpha value is -2.36. The molecule has 0 saturated carbocycles. The van der Waals surface area contributed by atoms with Crippen molar-refractivity contribution in [3.8, 4) is 6.07 Å². The van der Waals surface area contributed by atoms with Crippen LogP contribution in [0.3, 0.4) is 0 Å². The molecule has 0 aromatic carbocycles. The number of hydrogen-bond donors (Lipinski definition) is 0. The van der Waals surface area contributed by atoms with Gasteiger partial charge in [0, 0.05) is 32.0 Å². The number of amides is 2. The molecule has 2 amide bonds. The monoisotopic (exact) mass is 315 g/mol. The molecular formula is C16H21N5O2. The second-order valence-electron chi connectivity index (χ2n) is 6.12. The number of aromatic nitrogens is 2. The number of fused-ring (bicyclic) bond motifs is 1. The van der Waals surface area contributed by atoms with Gasteiger partial charge in [0.25, 0.3) is 0 Å². The molecule has 1 aromatic heterocycles. The van der Waals surface area contributed by atoms with E-state index in [0.29, 0.717) is 44.8 Å². The standard InChI is InChI=1S/C16H21N5O2/c1-2-15(22)19-5-3-12(4-6-19)16(23)20-7-8-21-14(11-20)9-13(10-17)18-21/h9,12H,2-8,11H2,1H3. The smallest absolute Gasteiger partial charge is 0.226 e. The summed E-state index contributed by atoms with van der Waals surface area (Å²) in [6.45, 7) is 5.00. The van der Waals surface area contributed by atoms with Gasteiger partial charge in [0.05, 0.1) is 18.8 Å². The zero-order valence-electron chi connectivity index (χ0n) is 13.4. The fourth-order valence-electron chi connectivity index (χ4n) is 3.37. The van der Waals surface area contributed by atoms with Crippen LogP contribution in [0.5, 0.6) is 0 Å². The lowest BCUT2D eigenvalue weighted by Crippen LogP contribution is -2.46. The van der Waals surface area contributed by atoms with E-state index in [0.717, 1.165) is 18.5 Å². The minimum Gasteiger partial charge on any atom is -0.343 e. The van der Waals surface area contributed by atoms with Crippen LogP contribution in [0.15, 0.2) is 6.07 Å². The lowest BCUT2D eigenvalue weighted by Gasteiger charge is -2.35. The first-order chi connectivity index (χ1) is 11.1. The van der Waals surface area contributed by atoms with Crippen LogP contribution in [0.1, 0.15) is 37.6 Å². The molecule has 1 aromatic rings. The van der Waals surface area contributed by atoms with E-state index in [1.807, 2.05) is 27.5 Å². The van der Waals surface area contributed by atoms with E-state index in [2.05, 4.69) is 5.10 Å². The average Bonchev–Trinajstić information content (AvgIpc) is 3.02. The Balaban J connectivity index is 1.60. The molecular weight excluding hydrogens is 294 g/mol. The lowest BCUT2D eigenvalue weighted by atomic mass is 9.94. The number of nitriles is 1. The molecule has 7 heteroatoms. The molecule has 7 nitrogen and oxygen atoms in total. The highest BCUT2D eigenvalue weighted by Crippen LogP contribution is 2.23. The molecule has 2 aliphatic heterocycles. The Bertz CT molecular complexity index is 652. The fourth-order valence-corrected chi connectivity index (χ4v) is 3.37. The maximum absolute atomic E-state index is 12.7. The summed E-state index contributed by atoms with van der Waals surface area (Å²) in [4.78, 5) is 28.1. The summed E-state index contributed by atoms with van der Waals surface area (Å²) < 4.78 is 1.81. The molecule has 0 N–H and O–H groups in total. The van der Waals surface area contributed by atoms with Crippen molar-refractivity contribution in [1.29, 1.82) is 5.26 Å². The van der Waals surface area contributed by atoms with E-state index in [1.54, 1.807) is 6.07 Å². The minimum absolute atomic E-state index is 0.000754. The number of likely N-dealkylation sites (tertiary alicyclic amines) is 1. The molecule has 0 spiro atoms. The van der Waals surface area contributed by atoms with E-state index in [-0.39, 0.29) is 17.7 Å². The van der Waals surface area contributed by atoms with Gasteiger partial charge in [-0.15, -0.1) is 0 Å². The maximum atomic E-state index is 12.7. The summed E-state index contributed by atoms with van der Waals surface area (Å²) in [6.07, 6.45) is 2.00. The Kier molecular flexibility index (Phi) is 4.33. The number of hydrogen-bond acceptors (Lipinski definition) is 4. The highest BCUT2D eigenvalue weighted by atomic mass is 16.2. The van der Waals surface area contributed by atoms with Gasteiger partial charge < -0.3 is 9.80 Å². The zero-order chi connectivity index (χ0) is 16.4. The molecule has 0 unspecified atom stereocenters. The van der Waals surface area contributed by atoms with Crippen LogP contribution in [0, 0.1) is 17.2 Å². The fraction of sp³-hybridized carbons (Fsp3) is 0.625. The summed E-state index contributed by atoms with van der Waals surface area (Å²) in [5.41, 5.74) is 1.32. The molecule has 3 rings (SSSR count). The van der Waals surface area contributed by atoms with Crippen LogP contribution >= 0.6 is 0 Å². The number of carbonyl (C=O) groups is 2. The van der Waals surface area contributed by atoms with Crippen molar-refractivity contribution in [1.82, 2.24) is 19.6 Å². The Morgan fingerprint density at radius 2 is 2.00 bits per heavy atom. The maximum Gasteiger partial charge on any atom is 0.226 e. The van der Waals surface area contributed by atoms with Crippen LogP contribution in [0.4, 0.5) is 0 Å². The second-order valence-corrected chi connectivity index (χ2v) is 6.12. The minimum atomic E-state index is 0.000754. The molecule has 23 heavy (non-hydrogen) atoms. The molecule has 1 fully saturated rings. The third-order valence-corrected chi connectivity index (χ3v) is 4.72. The molecule has 122 valence electrons. The van der Waals surface area contributed by atoms with Crippen LogP contribution < -0.4 is 0 Å². The van der Waals surface area contributed by atoms with E-state index in [1.165, 1.54) is 0 Å². The first kappa shape index (κ1) is 15.5. The largest absolute Gasteiger partial charge is 0.343 e. The highest BCUT2D eigenvalue weighted by Gasteiger charge is 2.31. The molecule has 0 radical (unpaired) electrons. The van der Waals surface area contributed by atoms with Crippen molar-refractivity contribution < 1.29 is 9.59 Å². The Morgan fingerprint density at radius 1 is 1.26 bits per heavy atom. The van der Waals surface area contributed by atoms with Crippen molar-refractivity contribution in [2.24, 2.45) is 5.92 Å². The van der Waals surface area contributed by atoms with Crippen molar-refractivity contribution >= 4 is 11.8 Å². The second kappa shape index (κ2) is 6.41. The topological polar surface area (TPSA) is 82.2 Å². The predicted molar refractivity (Wildman–Crippen MR) is 82.0 cm³/mol. The van der Waals surface area contributed by atoms with Crippen molar-refractivity contribution in [2.45, 2.75) is 39.3 Å². The van der Waals surface area contributed by atoms with E-state index < -0.39 is 0 Å². The number of rotatable bonds is 2. The Labute approximate surface area is 135 Å². The zero-order valence-corrected chi connectivity index (χ0v) is 13.4. The first-order valence-corrected chi connectivity index (χ1v) is 8.15. The molecule has 0 aliphatic carbocycles. The van der Waals surface area contributed by atoms with Gasteiger partial charge in [0.2, 0.25) is 11.8 Å². The van der Waals surface area contributed by atoms with Crippen LogP contribution in [0.25, 0.3) is 0 Å². The Morgan fingerprint density at radius 3 is 2.65 bits per heavy atom. The molecule has 0 bridgehead atoms. The quantitative estimate of drug-likeness (QED) is 0.806. The van der Waals surface area contributed by atoms with Gasteiger partial charge in [-0.25, -0.2) is 0 Å². The van der Waals surface area contributed by atoms with Gasteiger partial charge in [-0.2, -0.15) is 10.4 Å². The van der Waals surface area contributed by atoms with Gasteiger partial charge in [0.1, 0.15) is 6.07 Å². The number of piperidine rings is 1. The number of carbonyl (C=O) groups excluding carboxylic acids is 2. The van der Waals surface area contributed by atoms with Crippen molar-refractivity contribution in [2.75, 3.05) is 19.6 Å². The molecule has 1 saturated heterocycles. The van der Waals surface area contributed by atoms with Gasteiger partial charge >= 0.3 is 0 Å². The normalized spacial score (nSPS) is 18.4. The van der Waals surface area contributed by atoms with Crippen molar-refractivity contribution in [3.05, 3.63) is 17.5 Å². The summed E-state index contributed by atoms with van der Waals surface area (Å²) in [6, 6.07) is 3.79. The van der Waals surface area contributed by atoms with E-state index >= 15 is 0 Å². The summed E-state index contributed by atoms with van der Waals surface area (Å²) in [5, 5.41) is 13.1. The third kappa shape index (κ3) is 3.07.